The zero-order chi connectivity index (χ0) is 17.5. The number of ether oxygens (including phenoxy) is 1. The number of nitrogens with one attached hydrogen (secondary N) is 1. The lowest BCUT2D eigenvalue weighted by molar-refractivity contribution is -0.146. The molecule has 0 unspecified atom stereocenters. The van der Waals surface area contributed by atoms with E-state index in [1.807, 2.05) is 38.1 Å². The highest BCUT2D eigenvalue weighted by Gasteiger charge is 2.12. The maximum atomic E-state index is 12.0. The number of amides is 1. The minimum Gasteiger partial charge on any atom is -0.508 e. The van der Waals surface area contributed by atoms with Crippen molar-refractivity contribution in [2.24, 2.45) is 0 Å². The minimum absolute atomic E-state index is 0.0517. The molecule has 126 valence electrons. The van der Waals surface area contributed by atoms with Crippen LogP contribution in [0.1, 0.15) is 30.9 Å². The van der Waals surface area contributed by atoms with Crippen molar-refractivity contribution in [1.29, 1.82) is 0 Å². The first-order valence-electron chi connectivity index (χ1n) is 7.78. The third-order valence-corrected chi connectivity index (χ3v) is 3.51. The van der Waals surface area contributed by atoms with Crippen LogP contribution in [0.3, 0.4) is 0 Å². The molecule has 0 heterocycles. The molecule has 0 saturated carbocycles. The normalized spacial score (nSPS) is 10.5. The predicted molar refractivity (Wildman–Crippen MR) is 91.9 cm³/mol. The zero-order valence-corrected chi connectivity index (χ0v) is 13.8. The Morgan fingerprint density at radius 1 is 1.08 bits per heavy atom. The summed E-state index contributed by atoms with van der Waals surface area (Å²) in [5, 5.41) is 12.0. The molecule has 5 nitrogen and oxygen atoms in total. The zero-order valence-electron chi connectivity index (χ0n) is 13.8. The number of benzene rings is 2. The molecule has 0 atom stereocenters. The van der Waals surface area contributed by atoms with E-state index in [2.05, 4.69) is 5.32 Å². The summed E-state index contributed by atoms with van der Waals surface area (Å²) < 4.78 is 5.00. The van der Waals surface area contributed by atoms with Crippen LogP contribution in [0.2, 0.25) is 0 Å². The number of esters is 1. The third-order valence-electron chi connectivity index (χ3n) is 3.51. The number of anilines is 1. The van der Waals surface area contributed by atoms with Gasteiger partial charge in [0.15, 0.2) is 6.61 Å². The molecular formula is C19H21NO4. The molecule has 0 spiro atoms. The Balaban J connectivity index is 1.85. The standard InChI is InChI=1S/C19H21NO4/c1-13(2)16-5-3-4-6-17(16)20-18(22)12-24-19(23)11-14-7-9-15(21)10-8-14/h3-10,13,21H,11-12H2,1-2H3,(H,20,22). The van der Waals surface area contributed by atoms with E-state index in [1.165, 1.54) is 12.1 Å². The van der Waals surface area contributed by atoms with Gasteiger partial charge in [0.25, 0.3) is 5.91 Å². The van der Waals surface area contributed by atoms with Gasteiger partial charge in [-0.2, -0.15) is 0 Å². The van der Waals surface area contributed by atoms with E-state index in [0.29, 0.717) is 5.56 Å². The van der Waals surface area contributed by atoms with Crippen molar-refractivity contribution in [3.05, 3.63) is 59.7 Å². The highest BCUT2D eigenvalue weighted by atomic mass is 16.5. The van der Waals surface area contributed by atoms with Crippen molar-refractivity contribution in [1.82, 2.24) is 0 Å². The lowest BCUT2D eigenvalue weighted by Crippen LogP contribution is -2.22. The van der Waals surface area contributed by atoms with E-state index in [0.717, 1.165) is 11.3 Å². The van der Waals surface area contributed by atoms with Crippen molar-refractivity contribution in [3.63, 3.8) is 0 Å². The van der Waals surface area contributed by atoms with Crippen molar-refractivity contribution in [2.75, 3.05) is 11.9 Å². The number of hydrogen-bond acceptors (Lipinski definition) is 4. The first kappa shape index (κ1) is 17.5. The van der Waals surface area contributed by atoms with E-state index >= 15 is 0 Å². The number of carbonyl (C=O) groups is 2. The quantitative estimate of drug-likeness (QED) is 0.799. The van der Waals surface area contributed by atoms with Gasteiger partial charge in [-0.1, -0.05) is 44.2 Å². The van der Waals surface area contributed by atoms with Gasteiger partial charge in [0.1, 0.15) is 5.75 Å². The van der Waals surface area contributed by atoms with Crippen molar-refractivity contribution in [3.8, 4) is 5.75 Å². The molecule has 2 aromatic rings. The van der Waals surface area contributed by atoms with Gasteiger partial charge in [0.05, 0.1) is 6.42 Å². The van der Waals surface area contributed by atoms with E-state index in [1.54, 1.807) is 12.1 Å². The van der Waals surface area contributed by atoms with E-state index in [-0.39, 0.29) is 30.6 Å². The fraction of sp³-hybridized carbons (Fsp3) is 0.263. The molecule has 0 aliphatic heterocycles. The topological polar surface area (TPSA) is 75.6 Å². The molecule has 0 radical (unpaired) electrons. The Hall–Kier alpha value is -2.82. The summed E-state index contributed by atoms with van der Waals surface area (Å²) in [4.78, 5) is 23.7. The van der Waals surface area contributed by atoms with Crippen molar-refractivity contribution in [2.45, 2.75) is 26.2 Å². The Kier molecular flexibility index (Phi) is 5.95. The number of hydrogen-bond donors (Lipinski definition) is 2. The molecule has 2 aromatic carbocycles. The van der Waals surface area contributed by atoms with Gasteiger partial charge in [0, 0.05) is 5.69 Å². The Labute approximate surface area is 141 Å². The molecule has 2 N–H and O–H groups in total. The van der Waals surface area contributed by atoms with Crippen molar-refractivity contribution < 1.29 is 19.4 Å². The van der Waals surface area contributed by atoms with Crippen LogP contribution in [0, 0.1) is 0 Å². The highest BCUT2D eigenvalue weighted by Crippen LogP contribution is 2.23. The summed E-state index contributed by atoms with van der Waals surface area (Å²) in [5.41, 5.74) is 2.47. The van der Waals surface area contributed by atoms with Crippen LogP contribution < -0.4 is 5.32 Å². The largest absolute Gasteiger partial charge is 0.508 e. The maximum absolute atomic E-state index is 12.0. The number of rotatable bonds is 6. The number of carbonyl (C=O) groups excluding carboxylic acids is 2. The molecule has 0 aliphatic carbocycles. The molecule has 2 rings (SSSR count). The molecule has 0 aromatic heterocycles. The smallest absolute Gasteiger partial charge is 0.310 e. The summed E-state index contributed by atoms with van der Waals surface area (Å²) in [6, 6.07) is 13.8. The number of aromatic hydroxyl groups is 1. The van der Waals surface area contributed by atoms with Gasteiger partial charge in [-0.25, -0.2) is 0 Å². The first-order valence-corrected chi connectivity index (χ1v) is 7.78. The first-order chi connectivity index (χ1) is 11.5. The summed E-state index contributed by atoms with van der Waals surface area (Å²) in [6.45, 7) is 3.76. The van der Waals surface area contributed by atoms with Gasteiger partial charge in [-0.3, -0.25) is 9.59 Å². The maximum Gasteiger partial charge on any atom is 0.310 e. The van der Waals surface area contributed by atoms with Gasteiger partial charge in [0.2, 0.25) is 0 Å². The highest BCUT2D eigenvalue weighted by molar-refractivity contribution is 5.93. The summed E-state index contributed by atoms with van der Waals surface area (Å²) in [6.07, 6.45) is 0.0517. The molecule has 0 fully saturated rings. The SMILES string of the molecule is CC(C)c1ccccc1NC(=O)COC(=O)Cc1ccc(O)cc1. The Morgan fingerprint density at radius 2 is 1.75 bits per heavy atom. The molecule has 0 aliphatic rings. The van der Waals surface area contributed by atoms with Gasteiger partial charge in [-0.15, -0.1) is 0 Å². The number of phenolic OH excluding ortho intramolecular Hbond substituents is 1. The Morgan fingerprint density at radius 3 is 2.42 bits per heavy atom. The van der Waals surface area contributed by atoms with Crippen LogP contribution in [0.4, 0.5) is 5.69 Å². The molecule has 24 heavy (non-hydrogen) atoms. The second kappa shape index (κ2) is 8.15. The monoisotopic (exact) mass is 327 g/mol. The average molecular weight is 327 g/mol. The predicted octanol–water partition coefficient (Wildman–Crippen LogP) is 3.24. The van der Waals surface area contributed by atoms with Crippen LogP contribution in [-0.4, -0.2) is 23.6 Å². The fourth-order valence-electron chi connectivity index (χ4n) is 2.28. The summed E-state index contributed by atoms with van der Waals surface area (Å²) in [7, 11) is 0. The summed E-state index contributed by atoms with van der Waals surface area (Å²) >= 11 is 0. The van der Waals surface area contributed by atoms with Crippen LogP contribution in [0.5, 0.6) is 5.75 Å². The minimum atomic E-state index is -0.493. The van der Waals surface area contributed by atoms with Crippen LogP contribution in [-0.2, 0) is 20.7 Å². The molecular weight excluding hydrogens is 306 g/mol. The van der Waals surface area contributed by atoms with E-state index in [4.69, 9.17) is 4.74 Å². The molecule has 0 saturated heterocycles. The van der Waals surface area contributed by atoms with Gasteiger partial charge >= 0.3 is 5.97 Å². The molecule has 1 amide bonds. The van der Waals surface area contributed by atoms with Crippen LogP contribution >= 0.6 is 0 Å². The second-order valence-electron chi connectivity index (χ2n) is 5.79. The molecule has 0 bridgehead atoms. The Bertz CT molecular complexity index is 708. The van der Waals surface area contributed by atoms with Gasteiger partial charge < -0.3 is 15.2 Å². The van der Waals surface area contributed by atoms with Gasteiger partial charge in [-0.05, 0) is 35.2 Å². The van der Waals surface area contributed by atoms with Crippen LogP contribution in [0.15, 0.2) is 48.5 Å². The second-order valence-corrected chi connectivity index (χ2v) is 5.79. The van der Waals surface area contributed by atoms with Crippen molar-refractivity contribution >= 4 is 17.6 Å². The number of phenols is 1. The lowest BCUT2D eigenvalue weighted by Gasteiger charge is -2.13. The average Bonchev–Trinajstić information content (AvgIpc) is 2.55. The fourth-order valence-corrected chi connectivity index (χ4v) is 2.28. The number of para-hydroxylation sites is 1. The van der Waals surface area contributed by atoms with E-state index in [9.17, 15) is 14.7 Å². The third kappa shape index (κ3) is 5.12. The summed E-state index contributed by atoms with van der Waals surface area (Å²) in [5.74, 6) is -0.455. The molecule has 5 heteroatoms. The van der Waals surface area contributed by atoms with E-state index < -0.39 is 5.97 Å². The lowest BCUT2D eigenvalue weighted by atomic mass is 10.0. The van der Waals surface area contributed by atoms with Crippen LogP contribution in [0.25, 0.3) is 0 Å².